The van der Waals surface area contributed by atoms with E-state index in [-0.39, 0.29) is 75.8 Å². The van der Waals surface area contributed by atoms with E-state index >= 15 is 0 Å². The first-order chi connectivity index (χ1) is 18.7. The van der Waals surface area contributed by atoms with Crippen LogP contribution in [-0.2, 0) is 39.0 Å². The first-order valence-corrected chi connectivity index (χ1v) is 19.9. The third kappa shape index (κ3) is 12.0. The van der Waals surface area contributed by atoms with Crippen LogP contribution in [-0.4, -0.2) is 126 Å². The largest absolute Gasteiger partial charge is 0.469 e. The van der Waals surface area contributed by atoms with Gasteiger partial charge in [-0.2, -0.15) is 0 Å². The Kier molecular flexibility index (Phi) is 12.4. The lowest BCUT2D eigenvalue weighted by Crippen LogP contribution is -2.45. The van der Waals surface area contributed by atoms with Gasteiger partial charge >= 0.3 is 0 Å². The van der Waals surface area contributed by atoms with Crippen molar-refractivity contribution >= 4 is 81.6 Å². The molecule has 3 heterocycles. The van der Waals surface area contributed by atoms with Crippen LogP contribution in [0.4, 0.5) is 0 Å². The summed E-state index contributed by atoms with van der Waals surface area (Å²) in [5.41, 5.74) is 0. The number of thiocarbonyl (C=S) groups is 3. The molecule has 3 fully saturated rings. The number of nitrogens with zero attached hydrogens (tertiary/aromatic N) is 1. The lowest BCUT2D eigenvalue weighted by atomic mass is 10.1. The van der Waals surface area contributed by atoms with Crippen LogP contribution in [0.1, 0.15) is 19.3 Å². The molecule has 12 nitrogen and oxygen atoms in total. The van der Waals surface area contributed by atoms with E-state index in [4.69, 9.17) is 46.1 Å². The average molecular weight is 679 g/mol. The van der Waals surface area contributed by atoms with E-state index in [1.807, 2.05) is 4.90 Å². The predicted molar refractivity (Wildman–Crippen MR) is 166 cm³/mol. The van der Waals surface area contributed by atoms with E-state index in [0.29, 0.717) is 57.1 Å². The highest BCUT2D eigenvalue weighted by molar-refractivity contribution is 7.92. The minimum Gasteiger partial charge on any atom is -0.469 e. The van der Waals surface area contributed by atoms with Gasteiger partial charge in [0.15, 0.2) is 34.6 Å². The summed E-state index contributed by atoms with van der Waals surface area (Å²) in [4.78, 5) is 1.82. The Morgan fingerprint density at radius 3 is 1.30 bits per heavy atom. The maximum atomic E-state index is 11.8. The second-order valence-electron chi connectivity index (χ2n) is 10.5. The molecular formula is C22H38N4O8S6. The quantitative estimate of drug-likeness (QED) is 0.221. The van der Waals surface area contributed by atoms with Crippen molar-refractivity contribution in [1.82, 2.24) is 20.9 Å². The zero-order valence-electron chi connectivity index (χ0n) is 22.2. The molecule has 0 spiro atoms. The summed E-state index contributed by atoms with van der Waals surface area (Å²) >= 11 is 16.0. The molecule has 3 N–H and O–H groups in total. The topological polar surface area (TPSA) is 160 Å². The summed E-state index contributed by atoms with van der Waals surface area (Å²) in [6.07, 6.45) is 1.80. The summed E-state index contributed by atoms with van der Waals surface area (Å²) < 4.78 is 81.3. The summed E-state index contributed by atoms with van der Waals surface area (Å²) in [7, 11) is -8.92. The summed E-state index contributed by atoms with van der Waals surface area (Å²) in [5.74, 6) is 1.02. The third-order valence-corrected chi connectivity index (χ3v) is 13.5. The number of rotatable bonds is 12. The SMILES string of the molecule is O=S1(=O)CCC(CNC(=S)OCCN(CCOC(=S)NCC2CCS(=O)(=O)C2)C(=S)NCC2CCS(=O)(=O)C2)C1. The Morgan fingerprint density at radius 1 is 0.625 bits per heavy atom. The average Bonchev–Trinajstić information content (AvgIpc) is 3.53. The summed E-state index contributed by atoms with van der Waals surface area (Å²) in [6.45, 7) is 2.41. The van der Waals surface area contributed by atoms with Crippen LogP contribution < -0.4 is 16.0 Å². The van der Waals surface area contributed by atoms with Gasteiger partial charge in [0, 0.05) is 19.6 Å². The molecule has 0 amide bonds. The van der Waals surface area contributed by atoms with Crippen molar-refractivity contribution in [2.75, 3.05) is 80.5 Å². The smallest absolute Gasteiger partial charge is 0.256 e. The van der Waals surface area contributed by atoms with Crippen LogP contribution in [0, 0.1) is 17.8 Å². The highest BCUT2D eigenvalue weighted by Crippen LogP contribution is 2.19. The van der Waals surface area contributed by atoms with Gasteiger partial charge in [-0.25, -0.2) is 25.3 Å². The van der Waals surface area contributed by atoms with Crippen LogP contribution in [0.25, 0.3) is 0 Å². The van der Waals surface area contributed by atoms with Gasteiger partial charge in [-0.3, -0.25) is 0 Å². The first kappa shape index (κ1) is 33.4. The van der Waals surface area contributed by atoms with Gasteiger partial charge in [-0.1, -0.05) is 0 Å². The Bertz CT molecular complexity index is 1180. The maximum Gasteiger partial charge on any atom is 0.256 e. The van der Waals surface area contributed by atoms with E-state index in [2.05, 4.69) is 16.0 Å². The van der Waals surface area contributed by atoms with Crippen molar-refractivity contribution in [3.8, 4) is 0 Å². The van der Waals surface area contributed by atoms with Crippen LogP contribution in [0.15, 0.2) is 0 Å². The summed E-state index contributed by atoms with van der Waals surface area (Å²) in [6, 6.07) is 0. The standard InChI is InChI=1S/C22H38N4O8S6/c27-38(28)8-1-17(14-38)11-23-20(35)26(4-6-33-21(36)24-12-18-2-9-39(29,30)15-18)5-7-34-22(37)25-13-19-3-10-40(31,32)16-19/h17-19H,1-16H2,(H,23,35)(H,24,36)(H,25,37). The van der Waals surface area contributed by atoms with Crippen molar-refractivity contribution in [3.63, 3.8) is 0 Å². The van der Waals surface area contributed by atoms with E-state index in [1.165, 1.54) is 0 Å². The van der Waals surface area contributed by atoms with Crippen molar-refractivity contribution in [2.45, 2.75) is 19.3 Å². The minimum absolute atomic E-state index is 0.00638. The van der Waals surface area contributed by atoms with Crippen LogP contribution in [0.2, 0.25) is 0 Å². The Hall–Kier alpha value is -1.08. The molecule has 0 aromatic rings. The van der Waals surface area contributed by atoms with Gasteiger partial charge in [-0.15, -0.1) is 0 Å². The summed E-state index contributed by atoms with van der Waals surface area (Å²) in [5, 5.41) is 9.86. The first-order valence-electron chi connectivity index (χ1n) is 13.2. The van der Waals surface area contributed by atoms with E-state index < -0.39 is 29.5 Å². The molecule has 3 aliphatic rings. The van der Waals surface area contributed by atoms with E-state index in [1.54, 1.807) is 0 Å². The lowest BCUT2D eigenvalue weighted by molar-refractivity contribution is 0.216. The fraction of sp³-hybridized carbons (Fsp3) is 0.864. The molecule has 0 aromatic heterocycles. The number of sulfone groups is 3. The fourth-order valence-corrected chi connectivity index (χ4v) is 11.0. The van der Waals surface area contributed by atoms with Gasteiger partial charge in [0.05, 0.1) is 47.6 Å². The maximum absolute atomic E-state index is 11.8. The van der Waals surface area contributed by atoms with Crippen LogP contribution >= 0.6 is 36.7 Å². The van der Waals surface area contributed by atoms with Crippen LogP contribution in [0.5, 0.6) is 0 Å². The predicted octanol–water partition coefficient (Wildman–Crippen LogP) is -0.751. The molecule has 3 unspecified atom stereocenters. The highest BCUT2D eigenvalue weighted by Gasteiger charge is 2.29. The van der Waals surface area contributed by atoms with Crippen LogP contribution in [0.3, 0.4) is 0 Å². The van der Waals surface area contributed by atoms with Gasteiger partial charge in [-0.05, 0) is 73.7 Å². The fourth-order valence-electron chi connectivity index (χ4n) is 4.81. The molecule has 0 aliphatic carbocycles. The molecule has 0 bridgehead atoms. The Labute approximate surface area is 253 Å². The number of ether oxygens (including phenoxy) is 2. The number of hydrogen-bond acceptors (Lipinski definition) is 11. The van der Waals surface area contributed by atoms with Crippen molar-refractivity contribution < 1.29 is 34.7 Å². The minimum atomic E-state index is -2.99. The molecular weight excluding hydrogens is 641 g/mol. The molecule has 0 aromatic carbocycles. The van der Waals surface area contributed by atoms with E-state index in [9.17, 15) is 25.3 Å². The number of nitrogens with one attached hydrogen (secondary N) is 3. The van der Waals surface area contributed by atoms with Gasteiger partial charge in [0.1, 0.15) is 13.2 Å². The monoisotopic (exact) mass is 678 g/mol. The van der Waals surface area contributed by atoms with Crippen molar-refractivity contribution in [2.24, 2.45) is 17.8 Å². The Morgan fingerprint density at radius 2 is 0.975 bits per heavy atom. The van der Waals surface area contributed by atoms with Gasteiger partial charge < -0.3 is 30.3 Å². The lowest BCUT2D eigenvalue weighted by Gasteiger charge is -2.27. The highest BCUT2D eigenvalue weighted by atomic mass is 32.2. The molecule has 40 heavy (non-hydrogen) atoms. The zero-order valence-corrected chi connectivity index (χ0v) is 27.1. The Balaban J connectivity index is 1.41. The van der Waals surface area contributed by atoms with Gasteiger partial charge in [0.2, 0.25) is 0 Å². The zero-order chi connectivity index (χ0) is 29.4. The second-order valence-corrected chi connectivity index (χ2v) is 18.3. The van der Waals surface area contributed by atoms with Gasteiger partial charge in [0.25, 0.3) is 10.3 Å². The molecule has 0 saturated carbocycles. The normalized spacial score (nSPS) is 26.1. The third-order valence-electron chi connectivity index (χ3n) is 7.07. The molecule has 0 radical (unpaired) electrons. The second kappa shape index (κ2) is 14.9. The molecule has 3 saturated heterocycles. The van der Waals surface area contributed by atoms with E-state index in [0.717, 1.165) is 0 Å². The molecule has 3 atom stereocenters. The molecule has 230 valence electrons. The molecule has 18 heteroatoms. The van der Waals surface area contributed by atoms with Crippen molar-refractivity contribution in [1.29, 1.82) is 0 Å². The molecule has 3 rings (SSSR count). The molecule has 3 aliphatic heterocycles. The van der Waals surface area contributed by atoms with Crippen molar-refractivity contribution in [3.05, 3.63) is 0 Å². The number of hydrogen-bond donors (Lipinski definition) is 3.